The Labute approximate surface area is 109 Å². The fraction of sp³-hybridized carbons (Fsp3) is 0.455. The third-order valence-corrected chi connectivity index (χ3v) is 3.94. The molecule has 0 aromatic heterocycles. The molecule has 108 valence electrons. The Balaban J connectivity index is 2.92. The average molecular weight is 296 g/mol. The van der Waals surface area contributed by atoms with E-state index in [9.17, 15) is 21.6 Å². The minimum absolute atomic E-state index is 0.131. The molecule has 0 bridgehead atoms. The second-order valence-corrected chi connectivity index (χ2v) is 6.04. The first kappa shape index (κ1) is 15.9. The summed E-state index contributed by atoms with van der Waals surface area (Å²) in [6.07, 6.45) is -4.52. The van der Waals surface area contributed by atoms with Gasteiger partial charge in [-0.1, -0.05) is 18.2 Å². The smallest absolute Gasteiger partial charge is 0.323 e. The van der Waals surface area contributed by atoms with Crippen LogP contribution in [-0.2, 0) is 16.2 Å². The molecule has 8 heteroatoms. The van der Waals surface area contributed by atoms with Gasteiger partial charge in [0.15, 0.2) is 0 Å². The number of hydrogen-bond donors (Lipinski definition) is 2. The van der Waals surface area contributed by atoms with Crippen LogP contribution in [0.15, 0.2) is 24.3 Å². The maximum absolute atomic E-state index is 12.8. The number of alkyl halides is 3. The molecule has 1 aromatic rings. The molecule has 1 aromatic carbocycles. The highest BCUT2D eigenvalue weighted by molar-refractivity contribution is 7.89. The third kappa shape index (κ3) is 4.48. The molecule has 4 nitrogen and oxygen atoms in total. The quantitative estimate of drug-likeness (QED) is 0.867. The van der Waals surface area contributed by atoms with Gasteiger partial charge in [-0.25, -0.2) is 13.1 Å². The SMILES string of the molecule is CCS(=O)(=O)NCC(N)c1ccccc1C(F)(F)F. The Kier molecular flexibility index (Phi) is 4.94. The molecule has 19 heavy (non-hydrogen) atoms. The summed E-state index contributed by atoms with van der Waals surface area (Å²) in [5.74, 6) is -0.152. The summed E-state index contributed by atoms with van der Waals surface area (Å²) < 4.78 is 62.9. The summed E-state index contributed by atoms with van der Waals surface area (Å²) in [5.41, 5.74) is 4.65. The zero-order valence-corrected chi connectivity index (χ0v) is 11.1. The van der Waals surface area contributed by atoms with Crippen LogP contribution in [0.5, 0.6) is 0 Å². The average Bonchev–Trinajstić information content (AvgIpc) is 2.35. The van der Waals surface area contributed by atoms with Gasteiger partial charge in [0, 0.05) is 12.6 Å². The van der Waals surface area contributed by atoms with Crippen LogP contribution in [-0.4, -0.2) is 20.7 Å². The molecule has 0 saturated heterocycles. The molecule has 0 aliphatic carbocycles. The first-order valence-corrected chi connectivity index (χ1v) is 7.21. The van der Waals surface area contributed by atoms with Crippen molar-refractivity contribution >= 4 is 10.0 Å². The standard InChI is InChI=1S/C11H15F3N2O2S/c1-2-19(17,18)16-7-10(15)8-5-3-4-6-9(8)11(12,13)14/h3-6,10,16H,2,7,15H2,1H3. The van der Waals surface area contributed by atoms with Crippen molar-refractivity contribution in [1.82, 2.24) is 4.72 Å². The highest BCUT2D eigenvalue weighted by atomic mass is 32.2. The topological polar surface area (TPSA) is 72.2 Å². The molecule has 1 rings (SSSR count). The zero-order valence-electron chi connectivity index (χ0n) is 10.2. The van der Waals surface area contributed by atoms with E-state index < -0.39 is 27.8 Å². The molecule has 0 aliphatic heterocycles. The van der Waals surface area contributed by atoms with Crippen molar-refractivity contribution in [1.29, 1.82) is 0 Å². The fourth-order valence-electron chi connectivity index (χ4n) is 1.51. The first-order valence-electron chi connectivity index (χ1n) is 5.56. The van der Waals surface area contributed by atoms with E-state index in [1.54, 1.807) is 0 Å². The molecule has 0 radical (unpaired) electrons. The molecule has 0 saturated carbocycles. The first-order chi connectivity index (χ1) is 8.67. The Morgan fingerprint density at radius 2 is 1.89 bits per heavy atom. The molecule has 0 spiro atoms. The van der Waals surface area contributed by atoms with Gasteiger partial charge in [-0.15, -0.1) is 0 Å². The van der Waals surface area contributed by atoms with Gasteiger partial charge < -0.3 is 5.73 Å². The number of halogens is 3. The van der Waals surface area contributed by atoms with Crippen LogP contribution < -0.4 is 10.5 Å². The van der Waals surface area contributed by atoms with E-state index in [0.29, 0.717) is 0 Å². The molecular weight excluding hydrogens is 281 g/mol. The predicted octanol–water partition coefficient (Wildman–Crippen LogP) is 1.64. The van der Waals surface area contributed by atoms with E-state index in [1.807, 2.05) is 0 Å². The molecule has 1 unspecified atom stereocenters. The molecular formula is C11H15F3N2O2S. The van der Waals surface area contributed by atoms with Crippen LogP contribution in [0, 0.1) is 0 Å². The minimum Gasteiger partial charge on any atom is -0.323 e. The summed E-state index contributed by atoms with van der Waals surface area (Å²) >= 11 is 0. The Bertz CT molecular complexity index is 529. The largest absolute Gasteiger partial charge is 0.416 e. The fourth-order valence-corrected chi connectivity index (χ4v) is 2.14. The van der Waals surface area contributed by atoms with Crippen molar-refractivity contribution in [2.24, 2.45) is 5.73 Å². The van der Waals surface area contributed by atoms with E-state index in [0.717, 1.165) is 6.07 Å². The minimum atomic E-state index is -4.52. The molecule has 1 atom stereocenters. The molecule has 0 amide bonds. The molecule has 0 aliphatic rings. The van der Waals surface area contributed by atoms with Crippen LogP contribution in [0.1, 0.15) is 24.1 Å². The van der Waals surface area contributed by atoms with E-state index in [2.05, 4.69) is 4.72 Å². The van der Waals surface area contributed by atoms with Crippen LogP contribution >= 0.6 is 0 Å². The second kappa shape index (κ2) is 5.89. The van der Waals surface area contributed by atoms with E-state index >= 15 is 0 Å². The lowest BCUT2D eigenvalue weighted by Gasteiger charge is -2.18. The van der Waals surface area contributed by atoms with Crippen LogP contribution in [0.25, 0.3) is 0 Å². The summed E-state index contributed by atoms with van der Waals surface area (Å²) in [5, 5.41) is 0. The van der Waals surface area contributed by atoms with E-state index in [1.165, 1.54) is 25.1 Å². The maximum atomic E-state index is 12.8. The van der Waals surface area contributed by atoms with Gasteiger partial charge in [0.05, 0.1) is 11.3 Å². The van der Waals surface area contributed by atoms with Crippen LogP contribution in [0.2, 0.25) is 0 Å². The van der Waals surface area contributed by atoms with Crippen molar-refractivity contribution < 1.29 is 21.6 Å². The molecule has 3 N–H and O–H groups in total. The number of benzene rings is 1. The summed E-state index contributed by atoms with van der Waals surface area (Å²) in [7, 11) is -3.48. The number of rotatable bonds is 5. The maximum Gasteiger partial charge on any atom is 0.416 e. The summed E-state index contributed by atoms with van der Waals surface area (Å²) in [4.78, 5) is 0. The lowest BCUT2D eigenvalue weighted by atomic mass is 10.0. The van der Waals surface area contributed by atoms with Crippen LogP contribution in [0.4, 0.5) is 13.2 Å². The highest BCUT2D eigenvalue weighted by Gasteiger charge is 2.34. The number of hydrogen-bond acceptors (Lipinski definition) is 3. The Hall–Kier alpha value is -1.12. The van der Waals surface area contributed by atoms with Gasteiger partial charge in [-0.05, 0) is 18.6 Å². The number of sulfonamides is 1. The van der Waals surface area contributed by atoms with E-state index in [4.69, 9.17) is 5.73 Å². The lowest BCUT2D eigenvalue weighted by molar-refractivity contribution is -0.138. The summed E-state index contributed by atoms with van der Waals surface area (Å²) in [6, 6.07) is 3.80. The van der Waals surface area contributed by atoms with Crippen molar-refractivity contribution in [3.8, 4) is 0 Å². The van der Waals surface area contributed by atoms with Gasteiger partial charge in [-0.2, -0.15) is 13.2 Å². The number of nitrogens with two attached hydrogens (primary N) is 1. The highest BCUT2D eigenvalue weighted by Crippen LogP contribution is 2.33. The van der Waals surface area contributed by atoms with E-state index in [-0.39, 0.29) is 17.9 Å². The van der Waals surface area contributed by atoms with Crippen molar-refractivity contribution in [2.75, 3.05) is 12.3 Å². The summed E-state index contributed by atoms with van der Waals surface area (Å²) in [6.45, 7) is 1.15. The number of nitrogens with one attached hydrogen (secondary N) is 1. The van der Waals surface area contributed by atoms with Crippen molar-refractivity contribution in [3.05, 3.63) is 35.4 Å². The van der Waals surface area contributed by atoms with Crippen molar-refractivity contribution in [2.45, 2.75) is 19.1 Å². The monoisotopic (exact) mass is 296 g/mol. The van der Waals surface area contributed by atoms with Gasteiger partial charge in [-0.3, -0.25) is 0 Å². The zero-order chi connectivity index (χ0) is 14.7. The van der Waals surface area contributed by atoms with Gasteiger partial charge in [0.25, 0.3) is 0 Å². The normalized spacial score (nSPS) is 14.4. The van der Waals surface area contributed by atoms with Crippen LogP contribution in [0.3, 0.4) is 0 Å². The van der Waals surface area contributed by atoms with Gasteiger partial charge in [0.1, 0.15) is 0 Å². The molecule has 0 heterocycles. The van der Waals surface area contributed by atoms with Crippen molar-refractivity contribution in [3.63, 3.8) is 0 Å². The lowest BCUT2D eigenvalue weighted by Crippen LogP contribution is -2.33. The molecule has 0 fully saturated rings. The predicted molar refractivity (Wildman–Crippen MR) is 65.8 cm³/mol. The van der Waals surface area contributed by atoms with Gasteiger partial charge >= 0.3 is 6.18 Å². The van der Waals surface area contributed by atoms with Gasteiger partial charge in [0.2, 0.25) is 10.0 Å². The second-order valence-electron chi connectivity index (χ2n) is 3.94. The Morgan fingerprint density at radius 1 is 1.32 bits per heavy atom. The Morgan fingerprint density at radius 3 is 2.42 bits per heavy atom. The third-order valence-electron chi connectivity index (χ3n) is 2.57.